The van der Waals surface area contributed by atoms with Crippen molar-refractivity contribution in [2.75, 3.05) is 11.4 Å². The van der Waals surface area contributed by atoms with Crippen molar-refractivity contribution < 1.29 is 40.7 Å². The highest BCUT2D eigenvalue weighted by atomic mass is 19.4. The van der Waals surface area contributed by atoms with Crippen molar-refractivity contribution in [1.29, 1.82) is 0 Å². The highest BCUT2D eigenvalue weighted by Gasteiger charge is 2.47. The van der Waals surface area contributed by atoms with E-state index in [1.807, 2.05) is 0 Å². The zero-order valence-electron chi connectivity index (χ0n) is 27.3. The number of benzene rings is 3. The van der Waals surface area contributed by atoms with Crippen molar-refractivity contribution in [3.05, 3.63) is 125 Å². The number of hydrogen-bond acceptors (Lipinski definition) is 4. The molecule has 6 rings (SSSR count). The number of carbonyl (C=O) groups is 3. The van der Waals surface area contributed by atoms with Crippen molar-refractivity contribution >= 4 is 23.5 Å². The van der Waals surface area contributed by atoms with E-state index in [0.717, 1.165) is 12.1 Å². The number of amides is 3. The van der Waals surface area contributed by atoms with E-state index in [-0.39, 0.29) is 55.1 Å². The minimum atomic E-state index is -4.72. The Morgan fingerprint density at radius 3 is 2.31 bits per heavy atom. The standard InChI is InChI=1S/C37H33F6N5O3/c1-3-47-34-30(28(46-48(34)27-10-5-4-6-11-27)20-44-32(49)21(2)16-22-18-36(39,40)19-22)29(23-12-14-26(38)15-13-23)31(35(47)51)45-33(50)24-8-7-9-25(17-24)37(41,42)43/h4-15,17,22,29,31H,2-3,16,18-20H2,1H3,(H,44,49)(H,45,50)/t29-,31-/m0/s1. The normalized spacial score (nSPS) is 18.5. The minimum absolute atomic E-state index is 0.0813. The lowest BCUT2D eigenvalue weighted by Crippen LogP contribution is -2.55. The van der Waals surface area contributed by atoms with E-state index in [1.54, 1.807) is 37.3 Å². The molecule has 1 aliphatic carbocycles. The van der Waals surface area contributed by atoms with Crippen LogP contribution in [-0.2, 0) is 22.3 Å². The van der Waals surface area contributed by atoms with E-state index >= 15 is 0 Å². The molecule has 3 aromatic carbocycles. The molecular weight excluding hydrogens is 676 g/mol. The third kappa shape index (κ3) is 7.26. The van der Waals surface area contributed by atoms with E-state index in [4.69, 9.17) is 5.10 Å². The number of nitrogens with one attached hydrogen (secondary N) is 2. The monoisotopic (exact) mass is 709 g/mol. The van der Waals surface area contributed by atoms with E-state index in [9.17, 15) is 40.7 Å². The van der Waals surface area contributed by atoms with E-state index in [0.29, 0.717) is 28.7 Å². The molecular formula is C37H33F6N5O3. The summed E-state index contributed by atoms with van der Waals surface area (Å²) in [4.78, 5) is 42.5. The number of aromatic nitrogens is 2. The van der Waals surface area contributed by atoms with E-state index < -0.39 is 53.2 Å². The molecule has 1 fully saturated rings. The second-order valence-electron chi connectivity index (χ2n) is 12.7. The first-order valence-corrected chi connectivity index (χ1v) is 16.2. The molecule has 2 N–H and O–H groups in total. The highest BCUT2D eigenvalue weighted by molar-refractivity contribution is 6.05. The Kier molecular flexibility index (Phi) is 9.53. The van der Waals surface area contributed by atoms with Crippen molar-refractivity contribution in [3.63, 3.8) is 0 Å². The van der Waals surface area contributed by atoms with E-state index in [1.165, 1.54) is 39.9 Å². The summed E-state index contributed by atoms with van der Waals surface area (Å²) in [7, 11) is 0. The number of nitrogens with zero attached hydrogens (tertiary/aromatic N) is 3. The van der Waals surface area contributed by atoms with Gasteiger partial charge in [0.2, 0.25) is 11.8 Å². The summed E-state index contributed by atoms with van der Waals surface area (Å²) in [6, 6.07) is 16.4. The van der Waals surface area contributed by atoms with Gasteiger partial charge in [0.1, 0.15) is 17.7 Å². The third-order valence-electron chi connectivity index (χ3n) is 9.14. The highest BCUT2D eigenvalue weighted by Crippen LogP contribution is 2.46. The second-order valence-corrected chi connectivity index (χ2v) is 12.7. The lowest BCUT2D eigenvalue weighted by molar-refractivity contribution is -0.137. The average Bonchev–Trinajstić information content (AvgIpc) is 3.46. The van der Waals surface area contributed by atoms with Crippen LogP contribution in [0.4, 0.5) is 32.2 Å². The van der Waals surface area contributed by atoms with Gasteiger partial charge in [0.25, 0.3) is 11.8 Å². The molecule has 14 heteroatoms. The summed E-state index contributed by atoms with van der Waals surface area (Å²) in [5, 5.41) is 10.2. The van der Waals surface area contributed by atoms with Crippen LogP contribution in [0, 0.1) is 11.7 Å². The molecule has 4 aromatic rings. The van der Waals surface area contributed by atoms with Crippen LogP contribution in [0.3, 0.4) is 0 Å². The molecule has 0 spiro atoms. The molecule has 3 amide bonds. The lowest BCUT2D eigenvalue weighted by atomic mass is 9.77. The quantitative estimate of drug-likeness (QED) is 0.138. The van der Waals surface area contributed by atoms with Crippen LogP contribution in [-0.4, -0.2) is 46.0 Å². The Bertz CT molecular complexity index is 1970. The molecule has 2 aliphatic rings. The maximum absolute atomic E-state index is 14.4. The fraction of sp³-hybridized carbons (Fsp3) is 0.297. The zero-order chi connectivity index (χ0) is 36.7. The summed E-state index contributed by atoms with van der Waals surface area (Å²) in [5.41, 5.74) is 0.323. The van der Waals surface area contributed by atoms with Crippen molar-refractivity contribution in [1.82, 2.24) is 20.4 Å². The lowest BCUT2D eigenvalue weighted by Gasteiger charge is -2.38. The van der Waals surface area contributed by atoms with Gasteiger partial charge in [-0.2, -0.15) is 18.3 Å². The predicted octanol–water partition coefficient (Wildman–Crippen LogP) is 6.94. The molecule has 1 saturated carbocycles. The smallest absolute Gasteiger partial charge is 0.347 e. The molecule has 0 bridgehead atoms. The Morgan fingerprint density at radius 2 is 1.69 bits per heavy atom. The molecule has 1 aliphatic heterocycles. The van der Waals surface area contributed by atoms with Crippen LogP contribution in [0.15, 0.2) is 91.0 Å². The van der Waals surface area contributed by atoms with Gasteiger partial charge in [0.05, 0.1) is 23.5 Å². The molecule has 266 valence electrons. The molecule has 1 aromatic heterocycles. The number of halogens is 6. The van der Waals surface area contributed by atoms with Gasteiger partial charge < -0.3 is 10.6 Å². The van der Waals surface area contributed by atoms with Gasteiger partial charge >= 0.3 is 6.18 Å². The van der Waals surface area contributed by atoms with Gasteiger partial charge in [-0.15, -0.1) is 0 Å². The number of carbonyl (C=O) groups excluding carboxylic acids is 3. The molecule has 0 unspecified atom stereocenters. The summed E-state index contributed by atoms with van der Waals surface area (Å²) in [6.07, 6.45) is -5.30. The molecule has 2 atom stereocenters. The first kappa shape index (κ1) is 35.4. The predicted molar refractivity (Wildman–Crippen MR) is 176 cm³/mol. The van der Waals surface area contributed by atoms with Crippen LogP contribution < -0.4 is 15.5 Å². The van der Waals surface area contributed by atoms with Crippen LogP contribution >= 0.6 is 0 Å². The summed E-state index contributed by atoms with van der Waals surface area (Å²) < 4.78 is 83.1. The Morgan fingerprint density at radius 1 is 1.00 bits per heavy atom. The number of hydrogen-bond donors (Lipinski definition) is 2. The SMILES string of the molecule is C=C(CC1CC(F)(F)C1)C(=O)NCc1nn(-c2ccccc2)c2c1[C@H](c1ccc(F)cc1)[C@H](NC(=O)c1cccc(C(F)(F)F)c1)C(=O)N2CC. The first-order chi connectivity index (χ1) is 24.2. The van der Waals surface area contributed by atoms with Gasteiger partial charge in [0.15, 0.2) is 0 Å². The van der Waals surface area contributed by atoms with Crippen molar-refractivity contribution in [2.45, 2.75) is 56.8 Å². The third-order valence-corrected chi connectivity index (χ3v) is 9.14. The van der Waals surface area contributed by atoms with Gasteiger partial charge in [-0.25, -0.2) is 17.9 Å². The Hall–Kier alpha value is -5.40. The molecule has 2 heterocycles. The van der Waals surface area contributed by atoms with Crippen LogP contribution in [0.5, 0.6) is 0 Å². The average molecular weight is 710 g/mol. The maximum atomic E-state index is 14.4. The van der Waals surface area contributed by atoms with Gasteiger partial charge in [-0.1, -0.05) is 43.0 Å². The molecule has 51 heavy (non-hydrogen) atoms. The largest absolute Gasteiger partial charge is 0.416 e. The summed E-state index contributed by atoms with van der Waals surface area (Å²) in [6.45, 7) is 5.37. The number of fused-ring (bicyclic) bond motifs is 1. The van der Waals surface area contributed by atoms with Crippen LogP contribution in [0.1, 0.15) is 64.8 Å². The minimum Gasteiger partial charge on any atom is -0.347 e. The molecule has 0 radical (unpaired) electrons. The molecule has 8 nitrogen and oxygen atoms in total. The van der Waals surface area contributed by atoms with Crippen LogP contribution in [0.2, 0.25) is 0 Å². The van der Waals surface area contributed by atoms with Gasteiger partial charge in [0, 0.05) is 42.0 Å². The number of alkyl halides is 5. The maximum Gasteiger partial charge on any atom is 0.416 e. The Balaban J connectivity index is 1.43. The van der Waals surface area contributed by atoms with Gasteiger partial charge in [-0.05, 0) is 67.3 Å². The fourth-order valence-electron chi connectivity index (χ4n) is 6.71. The first-order valence-electron chi connectivity index (χ1n) is 16.2. The number of anilines is 1. The topological polar surface area (TPSA) is 96.3 Å². The van der Waals surface area contributed by atoms with E-state index in [2.05, 4.69) is 17.2 Å². The number of para-hydroxylation sites is 1. The second kappa shape index (κ2) is 13.7. The van der Waals surface area contributed by atoms with Crippen molar-refractivity contribution in [3.8, 4) is 5.69 Å². The van der Waals surface area contributed by atoms with Crippen LogP contribution in [0.25, 0.3) is 5.69 Å². The van der Waals surface area contributed by atoms with Crippen molar-refractivity contribution in [2.24, 2.45) is 5.92 Å². The number of likely N-dealkylation sites (N-methyl/N-ethyl adjacent to an activating group) is 1. The summed E-state index contributed by atoms with van der Waals surface area (Å²) >= 11 is 0. The molecule has 0 saturated heterocycles. The fourth-order valence-corrected chi connectivity index (χ4v) is 6.71. The van der Waals surface area contributed by atoms with Gasteiger partial charge in [-0.3, -0.25) is 19.3 Å². The summed E-state index contributed by atoms with van der Waals surface area (Å²) in [5.74, 6) is -6.57. The Labute approximate surface area is 289 Å². The zero-order valence-corrected chi connectivity index (χ0v) is 27.3. The number of rotatable bonds is 10.